The Morgan fingerprint density at radius 2 is 1.74 bits per heavy atom. The van der Waals surface area contributed by atoms with Gasteiger partial charge in [-0.2, -0.15) is 0 Å². The fourth-order valence-corrected chi connectivity index (χ4v) is 3.69. The van der Waals surface area contributed by atoms with Crippen LogP contribution in [0.1, 0.15) is 46.5 Å². The molecule has 1 saturated carbocycles. The van der Waals surface area contributed by atoms with Gasteiger partial charge in [0.25, 0.3) is 0 Å². The molecule has 134 valence electrons. The number of carbonyl (C=O) groups is 1. The highest BCUT2D eigenvalue weighted by Gasteiger charge is 2.36. The van der Waals surface area contributed by atoms with Crippen LogP contribution in [0, 0.1) is 17.3 Å². The number of nitrogens with zero attached hydrogens (tertiary/aromatic N) is 2. The molecule has 0 bridgehead atoms. The van der Waals surface area contributed by atoms with E-state index in [1.807, 2.05) is 27.8 Å². The number of hydrogen-bond donors (Lipinski definition) is 2. The Labute approximate surface area is 158 Å². The van der Waals surface area contributed by atoms with Crippen molar-refractivity contribution < 1.29 is 4.79 Å². The largest absolute Gasteiger partial charge is 0.356 e. The van der Waals surface area contributed by atoms with Gasteiger partial charge in [-0.05, 0) is 45.4 Å². The summed E-state index contributed by atoms with van der Waals surface area (Å²) in [6, 6.07) is 0. The van der Waals surface area contributed by atoms with Gasteiger partial charge in [-0.15, -0.1) is 24.0 Å². The third-order valence-corrected chi connectivity index (χ3v) is 5.13. The highest BCUT2D eigenvalue weighted by Crippen LogP contribution is 2.35. The number of halogens is 1. The van der Waals surface area contributed by atoms with Crippen LogP contribution in [0.25, 0.3) is 0 Å². The molecule has 2 aliphatic rings. The molecule has 1 aliphatic heterocycles. The predicted molar refractivity (Wildman–Crippen MR) is 106 cm³/mol. The van der Waals surface area contributed by atoms with Gasteiger partial charge in [-0.25, -0.2) is 0 Å². The minimum Gasteiger partial charge on any atom is -0.356 e. The maximum Gasteiger partial charge on any atom is 0.227 e. The number of rotatable bonds is 4. The lowest BCUT2D eigenvalue weighted by atomic mass is 9.82. The molecule has 2 atom stereocenters. The minimum absolute atomic E-state index is 0. The molecule has 1 heterocycles. The third-order valence-electron chi connectivity index (χ3n) is 5.13. The van der Waals surface area contributed by atoms with E-state index in [4.69, 9.17) is 0 Å². The monoisotopic (exact) mass is 436 g/mol. The van der Waals surface area contributed by atoms with Gasteiger partial charge < -0.3 is 15.5 Å². The van der Waals surface area contributed by atoms with E-state index >= 15 is 0 Å². The maximum atomic E-state index is 12.1. The van der Waals surface area contributed by atoms with Gasteiger partial charge >= 0.3 is 0 Å². The van der Waals surface area contributed by atoms with E-state index in [2.05, 4.69) is 20.5 Å². The van der Waals surface area contributed by atoms with E-state index in [1.165, 1.54) is 25.7 Å². The van der Waals surface area contributed by atoms with Crippen LogP contribution in [0.5, 0.6) is 0 Å². The molecule has 2 unspecified atom stereocenters. The molecule has 0 aromatic carbocycles. The standard InChI is InChI=1S/C17H32N4O.HI/c1-5-19-15(22)17(2,3)12-20-16(18-4)21-10-13-8-6-7-9-14(13)11-21;/h13-14H,5-12H2,1-4H3,(H,18,20)(H,19,22);1H. The van der Waals surface area contributed by atoms with Crippen LogP contribution in [-0.4, -0.2) is 50.0 Å². The Bertz CT molecular complexity index is 411. The number of amides is 1. The molecule has 23 heavy (non-hydrogen) atoms. The minimum atomic E-state index is -0.432. The molecule has 0 aromatic heterocycles. The molecule has 2 rings (SSSR count). The lowest BCUT2D eigenvalue weighted by Crippen LogP contribution is -2.48. The fourth-order valence-electron chi connectivity index (χ4n) is 3.69. The number of hydrogen-bond acceptors (Lipinski definition) is 2. The second-order valence-corrected chi connectivity index (χ2v) is 7.35. The van der Waals surface area contributed by atoms with Crippen LogP contribution in [-0.2, 0) is 4.79 Å². The molecule has 0 spiro atoms. The summed E-state index contributed by atoms with van der Waals surface area (Å²) < 4.78 is 0. The molecular formula is C17H33IN4O. The quantitative estimate of drug-likeness (QED) is 0.405. The second-order valence-electron chi connectivity index (χ2n) is 7.35. The van der Waals surface area contributed by atoms with E-state index in [0.29, 0.717) is 13.1 Å². The molecule has 1 amide bonds. The number of nitrogens with one attached hydrogen (secondary N) is 2. The van der Waals surface area contributed by atoms with Crippen LogP contribution < -0.4 is 10.6 Å². The molecule has 0 radical (unpaired) electrons. The lowest BCUT2D eigenvalue weighted by molar-refractivity contribution is -0.128. The van der Waals surface area contributed by atoms with Gasteiger partial charge in [0.2, 0.25) is 5.91 Å². The molecule has 2 fully saturated rings. The van der Waals surface area contributed by atoms with Crippen molar-refractivity contribution in [2.45, 2.75) is 46.5 Å². The van der Waals surface area contributed by atoms with Crippen molar-refractivity contribution in [1.82, 2.24) is 15.5 Å². The van der Waals surface area contributed by atoms with Crippen molar-refractivity contribution in [3.8, 4) is 0 Å². The molecule has 2 N–H and O–H groups in total. The Balaban J connectivity index is 0.00000264. The SMILES string of the molecule is CCNC(=O)C(C)(C)CNC(=NC)N1CC2CCCCC2C1.I. The predicted octanol–water partition coefficient (Wildman–Crippen LogP) is 2.46. The van der Waals surface area contributed by atoms with Gasteiger partial charge in [0.15, 0.2) is 5.96 Å². The summed E-state index contributed by atoms with van der Waals surface area (Å²) in [7, 11) is 1.84. The normalized spacial score (nSPS) is 24.7. The molecule has 1 saturated heterocycles. The Kier molecular flexibility index (Phi) is 8.10. The maximum absolute atomic E-state index is 12.1. The Hall–Kier alpha value is -0.530. The highest BCUT2D eigenvalue weighted by molar-refractivity contribution is 14.0. The molecule has 0 aromatic rings. The van der Waals surface area contributed by atoms with Crippen molar-refractivity contribution in [2.24, 2.45) is 22.2 Å². The van der Waals surface area contributed by atoms with Crippen molar-refractivity contribution in [3.05, 3.63) is 0 Å². The van der Waals surface area contributed by atoms with E-state index < -0.39 is 5.41 Å². The second kappa shape index (κ2) is 9.08. The van der Waals surface area contributed by atoms with Crippen LogP contribution in [0.4, 0.5) is 0 Å². The van der Waals surface area contributed by atoms with Gasteiger partial charge in [0.1, 0.15) is 0 Å². The number of aliphatic imine (C=N–C) groups is 1. The van der Waals surface area contributed by atoms with Gasteiger partial charge in [-0.3, -0.25) is 9.79 Å². The van der Waals surface area contributed by atoms with E-state index in [1.54, 1.807) is 0 Å². The van der Waals surface area contributed by atoms with Crippen molar-refractivity contribution in [3.63, 3.8) is 0 Å². The molecule has 6 heteroatoms. The first kappa shape index (κ1) is 20.5. The number of carbonyl (C=O) groups excluding carboxylic acids is 1. The van der Waals surface area contributed by atoms with E-state index in [0.717, 1.165) is 30.9 Å². The van der Waals surface area contributed by atoms with Gasteiger partial charge in [0, 0.05) is 33.2 Å². The summed E-state index contributed by atoms with van der Waals surface area (Å²) >= 11 is 0. The summed E-state index contributed by atoms with van der Waals surface area (Å²) in [6.45, 7) is 9.41. The summed E-state index contributed by atoms with van der Waals surface area (Å²) in [5.74, 6) is 2.72. The molecular weight excluding hydrogens is 403 g/mol. The third kappa shape index (κ3) is 5.22. The van der Waals surface area contributed by atoms with Crippen LogP contribution >= 0.6 is 24.0 Å². The average molecular weight is 436 g/mol. The first-order chi connectivity index (χ1) is 10.5. The van der Waals surface area contributed by atoms with Crippen molar-refractivity contribution in [2.75, 3.05) is 33.2 Å². The van der Waals surface area contributed by atoms with Gasteiger partial charge in [-0.1, -0.05) is 12.8 Å². The van der Waals surface area contributed by atoms with Crippen LogP contribution in [0.2, 0.25) is 0 Å². The van der Waals surface area contributed by atoms with E-state index in [-0.39, 0.29) is 29.9 Å². The average Bonchev–Trinajstić information content (AvgIpc) is 2.91. The lowest BCUT2D eigenvalue weighted by Gasteiger charge is -2.28. The van der Waals surface area contributed by atoms with Gasteiger partial charge in [0.05, 0.1) is 5.41 Å². The fraction of sp³-hybridized carbons (Fsp3) is 0.882. The molecule has 1 aliphatic carbocycles. The zero-order valence-corrected chi connectivity index (χ0v) is 17.4. The summed E-state index contributed by atoms with van der Waals surface area (Å²) in [4.78, 5) is 18.9. The Morgan fingerprint density at radius 1 is 1.17 bits per heavy atom. The topological polar surface area (TPSA) is 56.7 Å². The first-order valence-electron chi connectivity index (χ1n) is 8.72. The summed E-state index contributed by atoms with van der Waals surface area (Å²) in [5.41, 5.74) is -0.432. The molecule has 5 nitrogen and oxygen atoms in total. The number of fused-ring (bicyclic) bond motifs is 1. The Morgan fingerprint density at radius 3 is 2.22 bits per heavy atom. The smallest absolute Gasteiger partial charge is 0.227 e. The zero-order chi connectivity index (χ0) is 16.2. The van der Waals surface area contributed by atoms with Crippen LogP contribution in [0.15, 0.2) is 4.99 Å². The number of likely N-dealkylation sites (tertiary alicyclic amines) is 1. The number of guanidine groups is 1. The highest BCUT2D eigenvalue weighted by atomic mass is 127. The van der Waals surface area contributed by atoms with Crippen molar-refractivity contribution in [1.29, 1.82) is 0 Å². The first-order valence-corrected chi connectivity index (χ1v) is 8.72. The van der Waals surface area contributed by atoms with Crippen LogP contribution in [0.3, 0.4) is 0 Å². The summed E-state index contributed by atoms with van der Waals surface area (Å²) in [5, 5.41) is 6.32. The zero-order valence-electron chi connectivity index (χ0n) is 15.0. The van der Waals surface area contributed by atoms with Crippen molar-refractivity contribution >= 4 is 35.8 Å². The summed E-state index contributed by atoms with van der Waals surface area (Å²) in [6.07, 6.45) is 5.49. The van der Waals surface area contributed by atoms with E-state index in [9.17, 15) is 4.79 Å².